The van der Waals surface area contributed by atoms with Crippen molar-refractivity contribution in [2.75, 3.05) is 0 Å². The van der Waals surface area contributed by atoms with Gasteiger partial charge in [0.05, 0.1) is 0 Å². The van der Waals surface area contributed by atoms with E-state index in [-0.39, 0.29) is 5.91 Å². The number of nitrogens with two attached hydrogens (primary N) is 1. The van der Waals surface area contributed by atoms with Crippen LogP contribution in [0.25, 0.3) is 0 Å². The number of carboxylic acids is 2. The van der Waals surface area contributed by atoms with Crippen LogP contribution in [-0.2, 0) is 14.4 Å². The molecule has 0 aliphatic rings. The maximum atomic E-state index is 9.77. The molecule has 1 amide bonds. The van der Waals surface area contributed by atoms with Gasteiger partial charge in [0, 0.05) is 6.92 Å². The zero-order chi connectivity index (χ0) is 11.9. The number of hydrogen-bond acceptors (Lipinski definition) is 5. The lowest BCUT2D eigenvalue weighted by atomic mass is 10.2. The minimum atomic E-state index is -2.27. The van der Waals surface area contributed by atoms with Crippen LogP contribution in [0.2, 0.25) is 0 Å². The lowest BCUT2D eigenvalue weighted by Crippen LogP contribution is -2.39. The third kappa shape index (κ3) is 8.43. The summed E-state index contributed by atoms with van der Waals surface area (Å²) in [5.41, 5.74) is 4.47. The highest BCUT2D eigenvalue weighted by Crippen LogP contribution is 1.92. The highest BCUT2D eigenvalue weighted by Gasteiger charge is 2.29. The summed E-state index contributed by atoms with van der Waals surface area (Å²) < 4.78 is 0. The van der Waals surface area contributed by atoms with E-state index in [0.29, 0.717) is 0 Å². The molecule has 0 aromatic heterocycles. The van der Waals surface area contributed by atoms with Gasteiger partial charge in [-0.3, -0.25) is 4.79 Å². The quantitative estimate of drug-likeness (QED) is 0.340. The molecular formula is C6H11NO7. The summed E-state index contributed by atoms with van der Waals surface area (Å²) in [5.74, 6) is -3.87. The van der Waals surface area contributed by atoms with Crippen LogP contribution >= 0.6 is 0 Å². The molecule has 0 bridgehead atoms. The fourth-order valence-corrected chi connectivity index (χ4v) is 0.270. The van der Waals surface area contributed by atoms with Gasteiger partial charge in [0.25, 0.3) is 0 Å². The second-order valence-corrected chi connectivity index (χ2v) is 2.18. The Bertz CT molecular complexity index is 204. The molecular weight excluding hydrogens is 198 g/mol. The average Bonchev–Trinajstić information content (AvgIpc) is 2.00. The molecule has 0 aliphatic carbocycles. The Kier molecular flexibility index (Phi) is 7.21. The molecule has 0 fully saturated rings. The first-order chi connectivity index (χ1) is 6.20. The first-order valence-electron chi connectivity index (χ1n) is 3.28. The van der Waals surface area contributed by atoms with Crippen LogP contribution in [0.15, 0.2) is 0 Å². The lowest BCUT2D eigenvalue weighted by molar-refractivity contribution is -0.165. The largest absolute Gasteiger partial charge is 0.479 e. The van der Waals surface area contributed by atoms with E-state index in [4.69, 9.17) is 20.4 Å². The van der Waals surface area contributed by atoms with Gasteiger partial charge in [-0.1, -0.05) is 0 Å². The summed E-state index contributed by atoms with van der Waals surface area (Å²) in [5, 5.41) is 32.5. The highest BCUT2D eigenvalue weighted by molar-refractivity contribution is 5.83. The monoisotopic (exact) mass is 209 g/mol. The van der Waals surface area contributed by atoms with Gasteiger partial charge in [-0.05, 0) is 0 Å². The van der Waals surface area contributed by atoms with Crippen molar-refractivity contribution < 1.29 is 34.8 Å². The van der Waals surface area contributed by atoms with Crippen molar-refractivity contribution in [3.63, 3.8) is 0 Å². The van der Waals surface area contributed by atoms with Crippen molar-refractivity contribution in [2.24, 2.45) is 5.73 Å². The van der Waals surface area contributed by atoms with E-state index in [0.717, 1.165) is 0 Å². The molecule has 0 saturated carbocycles. The van der Waals surface area contributed by atoms with Gasteiger partial charge in [0.2, 0.25) is 5.91 Å². The second kappa shape index (κ2) is 6.80. The number of carboxylic acid groups (broad SMARTS) is 2. The van der Waals surface area contributed by atoms with Gasteiger partial charge in [-0.15, -0.1) is 0 Å². The molecule has 0 aromatic rings. The van der Waals surface area contributed by atoms with Crippen LogP contribution in [0.4, 0.5) is 0 Å². The van der Waals surface area contributed by atoms with Crippen molar-refractivity contribution in [1.29, 1.82) is 0 Å². The Morgan fingerprint density at radius 3 is 1.21 bits per heavy atom. The topological polar surface area (TPSA) is 158 Å². The third-order valence-electron chi connectivity index (χ3n) is 0.805. The van der Waals surface area contributed by atoms with E-state index in [1.54, 1.807) is 0 Å². The molecule has 82 valence electrons. The number of carbonyl (C=O) groups is 3. The van der Waals surface area contributed by atoms with Gasteiger partial charge in [0.1, 0.15) is 0 Å². The Morgan fingerprint density at radius 1 is 1.00 bits per heavy atom. The lowest BCUT2D eigenvalue weighted by Gasteiger charge is -2.07. The molecule has 14 heavy (non-hydrogen) atoms. The number of carbonyl (C=O) groups excluding carboxylic acids is 1. The van der Waals surface area contributed by atoms with E-state index in [1.165, 1.54) is 6.92 Å². The summed E-state index contributed by atoms with van der Waals surface area (Å²) in [6, 6.07) is 0. The third-order valence-corrected chi connectivity index (χ3v) is 0.805. The molecule has 0 spiro atoms. The number of aliphatic hydroxyl groups is 2. The molecule has 2 atom stereocenters. The average molecular weight is 209 g/mol. The zero-order valence-corrected chi connectivity index (χ0v) is 7.25. The van der Waals surface area contributed by atoms with Crippen LogP contribution in [0, 0.1) is 0 Å². The summed E-state index contributed by atoms with van der Waals surface area (Å²) in [6.07, 6.45) is -4.53. The standard InChI is InChI=1S/C4H6O6.C2H5NO/c5-1(3(7)8)2(6)4(9)10;1-2(3)4/h1-2,5-6H,(H,7,8)(H,9,10);1H3,(H2,3,4). The SMILES string of the molecule is CC(N)=O.O=C(O)C(O)C(O)C(=O)O. The van der Waals surface area contributed by atoms with Crippen molar-refractivity contribution >= 4 is 17.8 Å². The molecule has 2 unspecified atom stereocenters. The number of hydrogen-bond donors (Lipinski definition) is 5. The molecule has 0 aromatic carbocycles. The summed E-state index contributed by atoms with van der Waals surface area (Å²) in [7, 11) is 0. The zero-order valence-electron chi connectivity index (χ0n) is 7.25. The van der Waals surface area contributed by atoms with Gasteiger partial charge in [-0.2, -0.15) is 0 Å². The van der Waals surface area contributed by atoms with Crippen molar-refractivity contribution in [1.82, 2.24) is 0 Å². The fraction of sp³-hybridized carbons (Fsp3) is 0.500. The minimum Gasteiger partial charge on any atom is -0.479 e. The number of primary amides is 1. The highest BCUT2D eigenvalue weighted by atomic mass is 16.4. The minimum absolute atomic E-state index is 0.333. The predicted octanol–water partition coefficient (Wildman–Crippen LogP) is -2.63. The molecule has 6 N–H and O–H groups in total. The van der Waals surface area contributed by atoms with E-state index >= 15 is 0 Å². The first kappa shape index (κ1) is 14.8. The Hall–Kier alpha value is -1.67. The molecule has 0 saturated heterocycles. The van der Waals surface area contributed by atoms with Gasteiger partial charge >= 0.3 is 11.9 Å². The maximum absolute atomic E-state index is 9.77. The summed E-state index contributed by atoms with van der Waals surface area (Å²) >= 11 is 0. The van der Waals surface area contributed by atoms with Crippen molar-refractivity contribution in [3.8, 4) is 0 Å². The Labute approximate surface area is 78.6 Å². The van der Waals surface area contributed by atoms with Gasteiger partial charge < -0.3 is 26.2 Å². The number of amides is 1. The maximum Gasteiger partial charge on any atom is 0.335 e. The van der Waals surface area contributed by atoms with Crippen molar-refractivity contribution in [3.05, 3.63) is 0 Å². The smallest absolute Gasteiger partial charge is 0.335 e. The first-order valence-corrected chi connectivity index (χ1v) is 3.28. The van der Waals surface area contributed by atoms with Crippen LogP contribution in [0.3, 0.4) is 0 Å². The fourth-order valence-electron chi connectivity index (χ4n) is 0.270. The molecule has 0 heterocycles. The van der Waals surface area contributed by atoms with E-state index < -0.39 is 24.1 Å². The number of rotatable bonds is 3. The van der Waals surface area contributed by atoms with Gasteiger partial charge in [-0.25, -0.2) is 9.59 Å². The molecule has 0 aliphatic heterocycles. The number of aliphatic hydroxyl groups excluding tert-OH is 2. The summed E-state index contributed by atoms with van der Waals surface area (Å²) in [4.78, 5) is 28.8. The number of aliphatic carboxylic acids is 2. The van der Waals surface area contributed by atoms with Gasteiger partial charge in [0.15, 0.2) is 12.2 Å². The van der Waals surface area contributed by atoms with Crippen LogP contribution in [0.1, 0.15) is 6.92 Å². The van der Waals surface area contributed by atoms with Crippen LogP contribution in [-0.4, -0.2) is 50.5 Å². The van der Waals surface area contributed by atoms with E-state index in [9.17, 15) is 14.4 Å². The van der Waals surface area contributed by atoms with E-state index in [1.807, 2.05) is 0 Å². The Morgan fingerprint density at radius 2 is 1.14 bits per heavy atom. The predicted molar refractivity (Wildman–Crippen MR) is 42.2 cm³/mol. The summed E-state index contributed by atoms with van der Waals surface area (Å²) in [6.45, 7) is 1.31. The van der Waals surface area contributed by atoms with E-state index in [2.05, 4.69) is 5.73 Å². The van der Waals surface area contributed by atoms with Crippen molar-refractivity contribution in [2.45, 2.75) is 19.1 Å². The van der Waals surface area contributed by atoms with Crippen LogP contribution in [0.5, 0.6) is 0 Å². The molecule has 8 heteroatoms. The molecule has 8 nitrogen and oxygen atoms in total. The van der Waals surface area contributed by atoms with Crippen LogP contribution < -0.4 is 5.73 Å². The Balaban J connectivity index is 0. The second-order valence-electron chi connectivity index (χ2n) is 2.18. The molecule has 0 radical (unpaired) electrons. The molecule has 0 rings (SSSR count). The normalized spacial score (nSPS) is 13.1.